The molecule has 0 nitrogen and oxygen atoms in total. The third-order valence-corrected chi connectivity index (χ3v) is 3.28. The summed E-state index contributed by atoms with van der Waals surface area (Å²) < 4.78 is 0. The Hall–Kier alpha value is -0.560. The molecule has 15 heavy (non-hydrogen) atoms. The molecule has 0 saturated carbocycles. The Bertz CT molecular complexity index is 375. The van der Waals surface area contributed by atoms with Gasteiger partial charge in [-0.3, -0.25) is 0 Å². The van der Waals surface area contributed by atoms with E-state index in [0.717, 1.165) is 11.8 Å². The van der Waals surface area contributed by atoms with Gasteiger partial charge in [-0.15, -0.1) is 0 Å². The molecule has 1 rings (SSSR count). The smallest absolute Gasteiger partial charge is 0.00661 e. The minimum absolute atomic E-state index is 1.04. The molecule has 0 fully saturated rings. The van der Waals surface area contributed by atoms with Crippen LogP contribution in [0.25, 0.3) is 5.57 Å². The van der Waals surface area contributed by atoms with Crippen molar-refractivity contribution in [3.05, 3.63) is 40.5 Å². The summed E-state index contributed by atoms with van der Waals surface area (Å²) in [6.07, 6.45) is 3.39. The molecular formula is C14H19Br. The Balaban J connectivity index is 3.09. The lowest BCUT2D eigenvalue weighted by Gasteiger charge is -2.10. The number of hydrogen-bond acceptors (Lipinski definition) is 0. The van der Waals surface area contributed by atoms with Crippen molar-refractivity contribution in [3.8, 4) is 0 Å². The average molecular weight is 267 g/mol. The minimum atomic E-state index is 1.04. The van der Waals surface area contributed by atoms with Gasteiger partial charge in [0.25, 0.3) is 0 Å². The van der Waals surface area contributed by atoms with Crippen LogP contribution in [0.4, 0.5) is 0 Å². The van der Waals surface area contributed by atoms with Crippen molar-refractivity contribution in [2.75, 3.05) is 5.33 Å². The largest absolute Gasteiger partial charge is 0.0925 e. The van der Waals surface area contributed by atoms with Gasteiger partial charge in [-0.2, -0.15) is 0 Å². The van der Waals surface area contributed by atoms with E-state index in [2.05, 4.69) is 61.8 Å². The van der Waals surface area contributed by atoms with Gasteiger partial charge in [-0.25, -0.2) is 0 Å². The third kappa shape index (κ3) is 3.20. The van der Waals surface area contributed by atoms with Crippen molar-refractivity contribution in [2.24, 2.45) is 0 Å². The highest BCUT2D eigenvalue weighted by Crippen LogP contribution is 2.22. The van der Waals surface area contributed by atoms with Crippen LogP contribution < -0.4 is 0 Å². The predicted molar refractivity (Wildman–Crippen MR) is 72.7 cm³/mol. The molecule has 0 spiro atoms. The first-order valence-corrected chi connectivity index (χ1v) is 6.49. The lowest BCUT2D eigenvalue weighted by atomic mass is 9.96. The average Bonchev–Trinajstić information content (AvgIpc) is 2.20. The van der Waals surface area contributed by atoms with Crippen LogP contribution in [0.1, 0.15) is 35.6 Å². The Morgan fingerprint density at radius 2 is 1.73 bits per heavy atom. The Morgan fingerprint density at radius 3 is 2.33 bits per heavy atom. The van der Waals surface area contributed by atoms with Gasteiger partial charge >= 0.3 is 0 Å². The number of benzene rings is 1. The second-order valence-electron chi connectivity index (χ2n) is 4.12. The molecule has 0 unspecified atom stereocenters. The van der Waals surface area contributed by atoms with Crippen LogP contribution in [0.15, 0.2) is 18.2 Å². The van der Waals surface area contributed by atoms with E-state index >= 15 is 0 Å². The molecule has 0 aliphatic carbocycles. The second kappa shape index (κ2) is 5.50. The molecule has 0 heterocycles. The molecule has 0 atom stereocenters. The molecule has 1 aromatic rings. The van der Waals surface area contributed by atoms with Gasteiger partial charge < -0.3 is 0 Å². The summed E-state index contributed by atoms with van der Waals surface area (Å²) in [7, 11) is 0. The van der Waals surface area contributed by atoms with Crippen LogP contribution in [0.5, 0.6) is 0 Å². The highest BCUT2D eigenvalue weighted by molar-refractivity contribution is 9.09. The zero-order chi connectivity index (χ0) is 11.4. The van der Waals surface area contributed by atoms with Gasteiger partial charge in [0.1, 0.15) is 0 Å². The topological polar surface area (TPSA) is 0 Å². The molecule has 0 bridgehead atoms. The molecule has 0 aliphatic rings. The van der Waals surface area contributed by atoms with E-state index in [-0.39, 0.29) is 0 Å². The van der Waals surface area contributed by atoms with Crippen LogP contribution in [-0.2, 0) is 0 Å². The number of allylic oxidation sites excluding steroid dienone is 2. The molecule has 0 radical (unpaired) electrons. The Kier molecular flexibility index (Phi) is 4.59. The summed E-state index contributed by atoms with van der Waals surface area (Å²) in [5.41, 5.74) is 6.90. The Morgan fingerprint density at radius 1 is 1.13 bits per heavy atom. The molecule has 0 aliphatic heterocycles. The summed E-state index contributed by atoms with van der Waals surface area (Å²) >= 11 is 3.45. The summed E-state index contributed by atoms with van der Waals surface area (Å²) in [6, 6.07) is 4.57. The van der Waals surface area contributed by atoms with Gasteiger partial charge in [0.2, 0.25) is 0 Å². The first kappa shape index (κ1) is 12.5. The van der Waals surface area contributed by atoms with Crippen LogP contribution in [0, 0.1) is 20.8 Å². The Labute approximate surface area is 102 Å². The molecule has 0 saturated heterocycles. The predicted octanol–water partition coefficient (Wildman–Crippen LogP) is 4.80. The summed E-state index contributed by atoms with van der Waals surface area (Å²) in [5.74, 6) is 0. The molecule has 0 aromatic heterocycles. The molecule has 1 heteroatoms. The van der Waals surface area contributed by atoms with E-state index in [1.54, 1.807) is 0 Å². The number of aryl methyl sites for hydroxylation is 3. The minimum Gasteiger partial charge on any atom is -0.0925 e. The standard InChI is InChI=1S/C14H19Br/c1-10(6-5-7-15)14-9-12(3)11(2)8-13(14)4/h6,8-9H,5,7H2,1-4H3. The van der Waals surface area contributed by atoms with Crippen LogP contribution in [0.3, 0.4) is 0 Å². The number of rotatable bonds is 3. The SMILES string of the molecule is CC(=CCCBr)c1cc(C)c(C)cc1C. The second-order valence-corrected chi connectivity index (χ2v) is 4.91. The normalized spacial score (nSPS) is 11.9. The van der Waals surface area contributed by atoms with Crippen LogP contribution in [-0.4, -0.2) is 5.33 Å². The molecular weight excluding hydrogens is 248 g/mol. The highest BCUT2D eigenvalue weighted by atomic mass is 79.9. The van der Waals surface area contributed by atoms with Crippen molar-refractivity contribution in [2.45, 2.75) is 34.1 Å². The molecule has 0 amide bonds. The van der Waals surface area contributed by atoms with Crippen molar-refractivity contribution in [1.82, 2.24) is 0 Å². The van der Waals surface area contributed by atoms with Gasteiger partial charge in [0.15, 0.2) is 0 Å². The highest BCUT2D eigenvalue weighted by Gasteiger charge is 2.03. The molecule has 1 aromatic carbocycles. The van der Waals surface area contributed by atoms with Gasteiger partial charge in [0, 0.05) is 5.33 Å². The maximum absolute atomic E-state index is 3.45. The lowest BCUT2D eigenvalue weighted by Crippen LogP contribution is -1.91. The maximum Gasteiger partial charge on any atom is 0.00661 e. The quantitative estimate of drug-likeness (QED) is 0.690. The lowest BCUT2D eigenvalue weighted by molar-refractivity contribution is 1.24. The van der Waals surface area contributed by atoms with Crippen molar-refractivity contribution >= 4 is 21.5 Å². The van der Waals surface area contributed by atoms with E-state index in [4.69, 9.17) is 0 Å². The van der Waals surface area contributed by atoms with E-state index in [0.29, 0.717) is 0 Å². The van der Waals surface area contributed by atoms with Crippen LogP contribution >= 0.6 is 15.9 Å². The van der Waals surface area contributed by atoms with E-state index in [9.17, 15) is 0 Å². The zero-order valence-corrected chi connectivity index (χ0v) is 11.6. The van der Waals surface area contributed by atoms with Crippen molar-refractivity contribution < 1.29 is 0 Å². The molecule has 82 valence electrons. The molecule has 0 N–H and O–H groups in total. The first-order chi connectivity index (χ1) is 7.06. The zero-order valence-electron chi connectivity index (χ0n) is 10.0. The van der Waals surface area contributed by atoms with E-state index < -0.39 is 0 Å². The van der Waals surface area contributed by atoms with Crippen molar-refractivity contribution in [3.63, 3.8) is 0 Å². The number of alkyl halides is 1. The van der Waals surface area contributed by atoms with Gasteiger partial charge in [0.05, 0.1) is 0 Å². The van der Waals surface area contributed by atoms with Crippen LogP contribution in [0.2, 0.25) is 0 Å². The fourth-order valence-electron chi connectivity index (χ4n) is 1.77. The monoisotopic (exact) mass is 266 g/mol. The first-order valence-electron chi connectivity index (χ1n) is 5.37. The van der Waals surface area contributed by atoms with E-state index in [1.165, 1.54) is 27.8 Å². The fourth-order valence-corrected chi connectivity index (χ4v) is 2.00. The third-order valence-electron chi connectivity index (χ3n) is 2.83. The van der Waals surface area contributed by atoms with Gasteiger partial charge in [-0.05, 0) is 61.9 Å². The van der Waals surface area contributed by atoms with Crippen molar-refractivity contribution in [1.29, 1.82) is 0 Å². The summed E-state index contributed by atoms with van der Waals surface area (Å²) in [6.45, 7) is 8.73. The maximum atomic E-state index is 3.45. The van der Waals surface area contributed by atoms with Gasteiger partial charge in [-0.1, -0.05) is 34.1 Å². The summed E-state index contributed by atoms with van der Waals surface area (Å²) in [4.78, 5) is 0. The fraction of sp³-hybridized carbons (Fsp3) is 0.429. The summed E-state index contributed by atoms with van der Waals surface area (Å²) in [5, 5.41) is 1.04. The number of hydrogen-bond donors (Lipinski definition) is 0. The van der Waals surface area contributed by atoms with E-state index in [1.807, 2.05) is 0 Å². The number of halogens is 1.